The van der Waals surface area contributed by atoms with Gasteiger partial charge in [-0.1, -0.05) is 18.2 Å². The van der Waals surface area contributed by atoms with Crippen LogP contribution in [-0.2, 0) is 11.3 Å². The van der Waals surface area contributed by atoms with Gasteiger partial charge >= 0.3 is 0 Å². The van der Waals surface area contributed by atoms with Crippen molar-refractivity contribution in [2.24, 2.45) is 0 Å². The van der Waals surface area contributed by atoms with Crippen LogP contribution in [0, 0.1) is 5.82 Å². The zero-order valence-corrected chi connectivity index (χ0v) is 13.7. The molecule has 4 nitrogen and oxygen atoms in total. The van der Waals surface area contributed by atoms with Gasteiger partial charge in [0.2, 0.25) is 5.91 Å². The molecule has 0 aromatic heterocycles. The van der Waals surface area contributed by atoms with Crippen LogP contribution in [0.5, 0.6) is 11.5 Å². The topological polar surface area (TPSA) is 47.6 Å². The molecule has 0 bridgehead atoms. The maximum atomic E-state index is 12.8. The normalized spacial score (nSPS) is 10.6. The van der Waals surface area contributed by atoms with Crippen molar-refractivity contribution < 1.29 is 18.7 Å². The molecule has 24 heavy (non-hydrogen) atoms. The van der Waals surface area contributed by atoms with Crippen LogP contribution < -0.4 is 14.8 Å². The van der Waals surface area contributed by atoms with E-state index in [2.05, 4.69) is 5.32 Å². The third kappa shape index (κ3) is 5.12. The number of carbonyl (C=O) groups excluding carboxylic acids is 1. The lowest BCUT2D eigenvalue weighted by Gasteiger charge is -2.11. The summed E-state index contributed by atoms with van der Waals surface area (Å²) in [6, 6.07) is 11.4. The second kappa shape index (κ2) is 8.72. The number of amides is 1. The maximum absolute atomic E-state index is 12.8. The summed E-state index contributed by atoms with van der Waals surface area (Å²) in [5.74, 6) is 0.768. The van der Waals surface area contributed by atoms with Gasteiger partial charge in [-0.3, -0.25) is 4.79 Å². The van der Waals surface area contributed by atoms with E-state index in [-0.39, 0.29) is 11.7 Å². The van der Waals surface area contributed by atoms with Crippen molar-refractivity contribution in [3.8, 4) is 11.5 Å². The molecule has 2 aromatic rings. The van der Waals surface area contributed by atoms with Crippen LogP contribution >= 0.6 is 0 Å². The number of benzene rings is 2. The van der Waals surface area contributed by atoms with Crippen LogP contribution in [-0.4, -0.2) is 19.6 Å². The van der Waals surface area contributed by atoms with Crippen LogP contribution in [0.3, 0.4) is 0 Å². The molecule has 1 N–H and O–H groups in total. The first-order valence-corrected chi connectivity index (χ1v) is 7.63. The van der Waals surface area contributed by atoms with Gasteiger partial charge in [-0.05, 0) is 48.4 Å². The van der Waals surface area contributed by atoms with Gasteiger partial charge in [0.05, 0.1) is 13.7 Å². The zero-order valence-electron chi connectivity index (χ0n) is 13.7. The minimum Gasteiger partial charge on any atom is -0.493 e. The van der Waals surface area contributed by atoms with Crippen molar-refractivity contribution in [1.29, 1.82) is 0 Å². The summed E-state index contributed by atoms with van der Waals surface area (Å²) in [6.07, 6.45) is 3.05. The van der Waals surface area contributed by atoms with Crippen molar-refractivity contribution in [1.82, 2.24) is 5.32 Å². The monoisotopic (exact) mass is 329 g/mol. The van der Waals surface area contributed by atoms with E-state index in [9.17, 15) is 9.18 Å². The van der Waals surface area contributed by atoms with Gasteiger partial charge in [-0.25, -0.2) is 4.39 Å². The van der Waals surface area contributed by atoms with E-state index in [1.54, 1.807) is 25.3 Å². The number of ether oxygens (including phenoxy) is 2. The highest BCUT2D eigenvalue weighted by atomic mass is 19.1. The Labute approximate surface area is 140 Å². The smallest absolute Gasteiger partial charge is 0.244 e. The van der Waals surface area contributed by atoms with Crippen LogP contribution in [0.25, 0.3) is 6.08 Å². The Hall–Kier alpha value is -2.82. The molecule has 2 rings (SSSR count). The molecule has 0 radical (unpaired) electrons. The second-order valence-electron chi connectivity index (χ2n) is 5.02. The van der Waals surface area contributed by atoms with Gasteiger partial charge in [-0.2, -0.15) is 0 Å². The first-order chi connectivity index (χ1) is 11.6. The number of carbonyl (C=O) groups is 1. The summed E-state index contributed by atoms with van der Waals surface area (Å²) < 4.78 is 23.5. The number of hydrogen-bond acceptors (Lipinski definition) is 3. The summed E-state index contributed by atoms with van der Waals surface area (Å²) in [4.78, 5) is 11.9. The van der Waals surface area contributed by atoms with E-state index in [1.165, 1.54) is 18.2 Å². The summed E-state index contributed by atoms with van der Waals surface area (Å²) in [5, 5.41) is 2.79. The van der Waals surface area contributed by atoms with E-state index < -0.39 is 0 Å². The fourth-order valence-electron chi connectivity index (χ4n) is 2.09. The third-order valence-electron chi connectivity index (χ3n) is 3.29. The van der Waals surface area contributed by atoms with Gasteiger partial charge < -0.3 is 14.8 Å². The maximum Gasteiger partial charge on any atom is 0.244 e. The highest BCUT2D eigenvalue weighted by molar-refractivity contribution is 5.91. The van der Waals surface area contributed by atoms with E-state index in [0.29, 0.717) is 24.7 Å². The van der Waals surface area contributed by atoms with Gasteiger partial charge in [0, 0.05) is 12.6 Å². The van der Waals surface area contributed by atoms with Crippen LogP contribution in [0.1, 0.15) is 18.1 Å². The fourth-order valence-corrected chi connectivity index (χ4v) is 2.09. The molecule has 0 atom stereocenters. The number of rotatable bonds is 7. The Bertz CT molecular complexity index is 711. The molecule has 0 saturated heterocycles. The minimum absolute atomic E-state index is 0.229. The molecular formula is C19H20FNO3. The molecule has 0 heterocycles. The summed E-state index contributed by atoms with van der Waals surface area (Å²) >= 11 is 0. The largest absolute Gasteiger partial charge is 0.493 e. The van der Waals surface area contributed by atoms with Gasteiger partial charge in [0.25, 0.3) is 0 Å². The summed E-state index contributed by atoms with van der Waals surface area (Å²) in [5.41, 5.74) is 1.66. The first kappa shape index (κ1) is 17.5. The zero-order chi connectivity index (χ0) is 17.4. The van der Waals surface area contributed by atoms with E-state index in [4.69, 9.17) is 9.47 Å². The Morgan fingerprint density at radius 1 is 1.17 bits per heavy atom. The lowest BCUT2D eigenvalue weighted by atomic mass is 10.2. The van der Waals surface area contributed by atoms with Gasteiger partial charge in [0.15, 0.2) is 11.5 Å². The number of methoxy groups -OCH3 is 1. The SMILES string of the molecule is CCOc1ccc(CNC(=O)/C=C/c2ccc(F)cc2)cc1OC. The Morgan fingerprint density at radius 3 is 2.58 bits per heavy atom. The second-order valence-corrected chi connectivity index (χ2v) is 5.02. The molecule has 0 fully saturated rings. The lowest BCUT2D eigenvalue weighted by molar-refractivity contribution is -0.116. The average molecular weight is 329 g/mol. The summed E-state index contributed by atoms with van der Waals surface area (Å²) in [7, 11) is 1.58. The average Bonchev–Trinajstić information content (AvgIpc) is 2.60. The molecule has 0 aliphatic heterocycles. The van der Waals surface area contributed by atoms with Crippen LogP contribution in [0.2, 0.25) is 0 Å². The summed E-state index contributed by atoms with van der Waals surface area (Å²) in [6.45, 7) is 2.83. The van der Waals surface area contributed by atoms with E-state index >= 15 is 0 Å². The highest BCUT2D eigenvalue weighted by Gasteiger charge is 2.05. The van der Waals surface area contributed by atoms with E-state index in [1.807, 2.05) is 25.1 Å². The molecule has 126 valence electrons. The van der Waals surface area contributed by atoms with Crippen molar-refractivity contribution >= 4 is 12.0 Å². The van der Waals surface area contributed by atoms with Crippen molar-refractivity contribution in [2.75, 3.05) is 13.7 Å². The Kier molecular flexibility index (Phi) is 6.37. The van der Waals surface area contributed by atoms with Crippen molar-refractivity contribution in [2.45, 2.75) is 13.5 Å². The third-order valence-corrected chi connectivity index (χ3v) is 3.29. The quantitative estimate of drug-likeness (QED) is 0.790. The lowest BCUT2D eigenvalue weighted by Crippen LogP contribution is -2.20. The molecule has 0 unspecified atom stereocenters. The van der Waals surface area contributed by atoms with Crippen molar-refractivity contribution in [3.63, 3.8) is 0 Å². The highest BCUT2D eigenvalue weighted by Crippen LogP contribution is 2.27. The van der Waals surface area contributed by atoms with Gasteiger partial charge in [-0.15, -0.1) is 0 Å². The fraction of sp³-hybridized carbons (Fsp3) is 0.211. The molecular weight excluding hydrogens is 309 g/mol. The van der Waals surface area contributed by atoms with Crippen molar-refractivity contribution in [3.05, 3.63) is 65.5 Å². The predicted molar refractivity (Wildman–Crippen MR) is 91.4 cm³/mol. The molecule has 2 aromatic carbocycles. The Balaban J connectivity index is 1.92. The minimum atomic E-state index is -0.305. The van der Waals surface area contributed by atoms with Crippen LogP contribution in [0.15, 0.2) is 48.5 Å². The van der Waals surface area contributed by atoms with Crippen LogP contribution in [0.4, 0.5) is 4.39 Å². The molecule has 0 spiro atoms. The molecule has 1 amide bonds. The first-order valence-electron chi connectivity index (χ1n) is 7.63. The standard InChI is InChI=1S/C19H20FNO3/c1-3-24-17-10-6-15(12-18(17)23-2)13-21-19(22)11-7-14-4-8-16(20)9-5-14/h4-12H,3,13H2,1-2H3,(H,21,22)/b11-7+. The number of halogens is 1. The Morgan fingerprint density at radius 2 is 1.92 bits per heavy atom. The predicted octanol–water partition coefficient (Wildman–Crippen LogP) is 3.56. The molecule has 0 saturated carbocycles. The molecule has 5 heteroatoms. The van der Waals surface area contributed by atoms with E-state index in [0.717, 1.165) is 11.1 Å². The van der Waals surface area contributed by atoms with Gasteiger partial charge in [0.1, 0.15) is 5.82 Å². The molecule has 0 aliphatic carbocycles. The number of hydrogen-bond donors (Lipinski definition) is 1. The number of nitrogens with one attached hydrogen (secondary N) is 1. The molecule has 0 aliphatic rings.